The van der Waals surface area contributed by atoms with Crippen molar-refractivity contribution in [2.24, 2.45) is 5.92 Å². The predicted octanol–water partition coefficient (Wildman–Crippen LogP) is 1.13. The maximum atomic E-state index is 12.5. The van der Waals surface area contributed by atoms with E-state index in [1.807, 2.05) is 12.1 Å². The lowest BCUT2D eigenvalue weighted by atomic mass is 9.94. The van der Waals surface area contributed by atoms with Crippen LogP contribution in [0.2, 0.25) is 0 Å². The molecule has 0 bridgehead atoms. The summed E-state index contributed by atoms with van der Waals surface area (Å²) in [7, 11) is -0.245. The fraction of sp³-hybridized carbons (Fsp3) is 0.600. The largest absolute Gasteiger partial charge is 0.369 e. The van der Waals surface area contributed by atoms with Crippen molar-refractivity contribution >= 4 is 15.7 Å². The van der Waals surface area contributed by atoms with E-state index in [4.69, 9.17) is 0 Å². The van der Waals surface area contributed by atoms with Gasteiger partial charge in [-0.05, 0) is 37.4 Å². The van der Waals surface area contributed by atoms with E-state index in [0.717, 1.165) is 25.3 Å². The smallest absolute Gasteiger partial charge is 0.244 e. The van der Waals surface area contributed by atoms with E-state index >= 15 is 0 Å². The molecule has 0 saturated carbocycles. The van der Waals surface area contributed by atoms with Gasteiger partial charge in [-0.25, -0.2) is 12.7 Å². The SMILES string of the molecule is CN(C)S(=O)(=O)c1ccccc1N1C[C@@H]2CCCN[C@@H]2C1. The maximum Gasteiger partial charge on any atom is 0.244 e. The second-order valence-corrected chi connectivity index (χ2v) is 8.24. The van der Waals surface area contributed by atoms with E-state index in [9.17, 15) is 8.42 Å². The number of piperidine rings is 1. The molecule has 3 rings (SSSR count). The number of nitrogens with one attached hydrogen (secondary N) is 1. The summed E-state index contributed by atoms with van der Waals surface area (Å²) in [6.07, 6.45) is 2.45. The molecule has 0 amide bonds. The number of para-hydroxylation sites is 1. The Labute approximate surface area is 127 Å². The van der Waals surface area contributed by atoms with Crippen molar-refractivity contribution in [3.63, 3.8) is 0 Å². The molecular formula is C15H23N3O2S. The molecule has 0 unspecified atom stereocenters. The highest BCUT2D eigenvalue weighted by Crippen LogP contribution is 2.33. The number of anilines is 1. The lowest BCUT2D eigenvalue weighted by Gasteiger charge is -2.24. The van der Waals surface area contributed by atoms with Gasteiger partial charge >= 0.3 is 0 Å². The van der Waals surface area contributed by atoms with Crippen molar-refractivity contribution in [2.75, 3.05) is 38.6 Å². The zero-order valence-corrected chi connectivity index (χ0v) is 13.4. The minimum absolute atomic E-state index is 0.411. The second-order valence-electron chi connectivity index (χ2n) is 6.12. The van der Waals surface area contributed by atoms with Crippen LogP contribution in [0.3, 0.4) is 0 Å². The van der Waals surface area contributed by atoms with Gasteiger partial charge in [-0.3, -0.25) is 0 Å². The van der Waals surface area contributed by atoms with E-state index < -0.39 is 10.0 Å². The quantitative estimate of drug-likeness (QED) is 0.909. The van der Waals surface area contributed by atoms with Crippen molar-refractivity contribution in [2.45, 2.75) is 23.8 Å². The number of hydrogen-bond donors (Lipinski definition) is 1. The number of sulfonamides is 1. The third-order valence-corrected chi connectivity index (χ3v) is 6.43. The molecule has 0 radical (unpaired) electrons. The van der Waals surface area contributed by atoms with Crippen molar-refractivity contribution in [3.8, 4) is 0 Å². The van der Waals surface area contributed by atoms with E-state index in [1.165, 1.54) is 17.1 Å². The van der Waals surface area contributed by atoms with E-state index in [-0.39, 0.29) is 0 Å². The van der Waals surface area contributed by atoms with Crippen LogP contribution in [-0.4, -0.2) is 52.5 Å². The highest BCUT2D eigenvalue weighted by atomic mass is 32.2. The van der Waals surface area contributed by atoms with Gasteiger partial charge in [0.2, 0.25) is 10.0 Å². The summed E-state index contributed by atoms with van der Waals surface area (Å²) < 4.78 is 26.3. The first kappa shape index (κ1) is 14.8. The summed E-state index contributed by atoms with van der Waals surface area (Å²) in [5.41, 5.74) is 0.836. The van der Waals surface area contributed by atoms with Crippen LogP contribution < -0.4 is 10.2 Å². The molecule has 1 aromatic carbocycles. The molecule has 0 aliphatic carbocycles. The van der Waals surface area contributed by atoms with Crippen LogP contribution in [0.1, 0.15) is 12.8 Å². The number of fused-ring (bicyclic) bond motifs is 1. The van der Waals surface area contributed by atoms with E-state index in [1.54, 1.807) is 26.2 Å². The number of nitrogens with zero attached hydrogens (tertiary/aromatic N) is 2. The summed E-state index contributed by atoms with van der Waals surface area (Å²) in [4.78, 5) is 2.64. The van der Waals surface area contributed by atoms with Crippen LogP contribution in [0.15, 0.2) is 29.2 Å². The van der Waals surface area contributed by atoms with Crippen LogP contribution in [0.4, 0.5) is 5.69 Å². The minimum atomic E-state index is -3.41. The fourth-order valence-corrected chi connectivity index (χ4v) is 4.48. The van der Waals surface area contributed by atoms with Crippen molar-refractivity contribution in [1.29, 1.82) is 0 Å². The predicted molar refractivity (Wildman–Crippen MR) is 84.0 cm³/mol. The monoisotopic (exact) mass is 309 g/mol. The lowest BCUT2D eigenvalue weighted by molar-refractivity contribution is 0.340. The third-order valence-electron chi connectivity index (χ3n) is 4.56. The van der Waals surface area contributed by atoms with Gasteiger partial charge in [-0.2, -0.15) is 0 Å². The first-order chi connectivity index (χ1) is 10.00. The van der Waals surface area contributed by atoms with E-state index in [2.05, 4.69) is 10.2 Å². The molecule has 5 nitrogen and oxygen atoms in total. The summed E-state index contributed by atoms with van der Waals surface area (Å²) in [6.45, 7) is 2.91. The molecule has 1 aromatic rings. The van der Waals surface area contributed by atoms with Crippen LogP contribution >= 0.6 is 0 Å². The zero-order valence-electron chi connectivity index (χ0n) is 12.6. The Morgan fingerprint density at radius 1 is 1.24 bits per heavy atom. The van der Waals surface area contributed by atoms with E-state index in [0.29, 0.717) is 16.9 Å². The first-order valence-corrected chi connectivity index (χ1v) is 8.94. The third kappa shape index (κ3) is 2.67. The van der Waals surface area contributed by atoms with Crippen LogP contribution in [-0.2, 0) is 10.0 Å². The Balaban J connectivity index is 1.93. The highest BCUT2D eigenvalue weighted by molar-refractivity contribution is 7.89. The second kappa shape index (κ2) is 5.59. The summed E-state index contributed by atoms with van der Waals surface area (Å²) >= 11 is 0. The van der Waals surface area contributed by atoms with Gasteiger partial charge in [0.05, 0.1) is 5.69 Å². The highest BCUT2D eigenvalue weighted by Gasteiger charge is 2.36. The van der Waals surface area contributed by atoms with Crippen molar-refractivity contribution in [1.82, 2.24) is 9.62 Å². The van der Waals surface area contributed by atoms with Gasteiger partial charge in [-0.15, -0.1) is 0 Å². The van der Waals surface area contributed by atoms with Gasteiger partial charge in [0, 0.05) is 33.2 Å². The Bertz CT molecular complexity index is 601. The average molecular weight is 309 g/mol. The first-order valence-electron chi connectivity index (χ1n) is 7.50. The lowest BCUT2D eigenvalue weighted by Crippen LogP contribution is -2.40. The Morgan fingerprint density at radius 3 is 2.71 bits per heavy atom. The number of hydrogen-bond acceptors (Lipinski definition) is 4. The molecule has 2 saturated heterocycles. The molecule has 2 heterocycles. The molecule has 116 valence electrons. The molecule has 0 aromatic heterocycles. The number of benzene rings is 1. The number of rotatable bonds is 3. The molecule has 2 aliphatic rings. The van der Waals surface area contributed by atoms with Crippen LogP contribution in [0, 0.1) is 5.92 Å². The molecule has 21 heavy (non-hydrogen) atoms. The summed E-state index contributed by atoms with van der Waals surface area (Å²) in [5, 5.41) is 3.56. The maximum absolute atomic E-state index is 12.5. The van der Waals surface area contributed by atoms with Gasteiger partial charge in [-0.1, -0.05) is 12.1 Å². The van der Waals surface area contributed by atoms with Gasteiger partial charge < -0.3 is 10.2 Å². The minimum Gasteiger partial charge on any atom is -0.369 e. The summed E-state index contributed by atoms with van der Waals surface area (Å²) in [5.74, 6) is 0.633. The van der Waals surface area contributed by atoms with Crippen LogP contribution in [0.25, 0.3) is 0 Å². The molecular weight excluding hydrogens is 286 g/mol. The summed E-state index contributed by atoms with van der Waals surface area (Å²) in [6, 6.07) is 7.84. The molecule has 1 N–H and O–H groups in total. The topological polar surface area (TPSA) is 52.7 Å². The average Bonchev–Trinajstić information content (AvgIpc) is 2.91. The van der Waals surface area contributed by atoms with Crippen LogP contribution in [0.5, 0.6) is 0 Å². The van der Waals surface area contributed by atoms with Gasteiger partial charge in [0.25, 0.3) is 0 Å². The Kier molecular flexibility index (Phi) is 3.94. The normalized spacial score (nSPS) is 26.1. The Hall–Kier alpha value is -1.11. The zero-order chi connectivity index (χ0) is 15.0. The van der Waals surface area contributed by atoms with Gasteiger partial charge in [0.15, 0.2) is 0 Å². The van der Waals surface area contributed by atoms with Crippen molar-refractivity contribution in [3.05, 3.63) is 24.3 Å². The molecule has 0 spiro atoms. The van der Waals surface area contributed by atoms with Gasteiger partial charge in [0.1, 0.15) is 4.90 Å². The standard InChI is InChI=1S/C15H23N3O2S/c1-17(2)21(19,20)15-8-4-3-7-14(15)18-10-12-6-5-9-16-13(12)11-18/h3-4,7-8,12-13,16H,5-6,9-11H2,1-2H3/t12-,13+/m0/s1. The molecule has 2 atom stereocenters. The Morgan fingerprint density at radius 2 is 2.00 bits per heavy atom. The van der Waals surface area contributed by atoms with Crippen molar-refractivity contribution < 1.29 is 8.42 Å². The fourth-order valence-electron chi connectivity index (χ4n) is 3.38. The molecule has 2 aliphatic heterocycles. The molecule has 6 heteroatoms. The molecule has 2 fully saturated rings.